The molecule has 0 unspecified atom stereocenters. The predicted molar refractivity (Wildman–Crippen MR) is 175 cm³/mol. The minimum atomic E-state index is -1.06. The Hall–Kier alpha value is -4.62. The van der Waals surface area contributed by atoms with Gasteiger partial charge in [0.2, 0.25) is 0 Å². The first kappa shape index (κ1) is 35.2. The number of carbonyl (C=O) groups excluding carboxylic acids is 3. The number of pyridine rings is 1. The number of rotatable bonds is 12. The van der Waals surface area contributed by atoms with Crippen LogP contribution in [0.15, 0.2) is 60.8 Å². The van der Waals surface area contributed by atoms with Crippen LogP contribution in [0, 0.1) is 11.6 Å². The topological polar surface area (TPSA) is 125 Å². The summed E-state index contributed by atoms with van der Waals surface area (Å²) in [6.07, 6.45) is 3.46. The van der Waals surface area contributed by atoms with Gasteiger partial charge in [0.05, 0.1) is 24.6 Å². The van der Waals surface area contributed by atoms with E-state index in [2.05, 4.69) is 25.8 Å². The van der Waals surface area contributed by atoms with Crippen LogP contribution in [-0.2, 0) is 16.0 Å². The number of benzene rings is 2. The van der Waals surface area contributed by atoms with Crippen LogP contribution in [0.3, 0.4) is 0 Å². The summed E-state index contributed by atoms with van der Waals surface area (Å²) in [7, 11) is 0. The molecule has 1 aliphatic heterocycles. The number of halogens is 2. The summed E-state index contributed by atoms with van der Waals surface area (Å²) in [6, 6.07) is 12.7. The summed E-state index contributed by atoms with van der Waals surface area (Å²) in [6.45, 7) is 10.1. The molecule has 47 heavy (non-hydrogen) atoms. The number of nitrogens with one attached hydrogen (secondary N) is 3. The van der Waals surface area contributed by atoms with E-state index in [4.69, 9.17) is 9.47 Å². The van der Waals surface area contributed by atoms with Crippen LogP contribution in [-0.4, -0.2) is 77.8 Å². The highest BCUT2D eigenvalue weighted by Gasteiger charge is 2.19. The number of para-hydroxylation sites is 2. The van der Waals surface area contributed by atoms with Crippen molar-refractivity contribution in [1.29, 1.82) is 0 Å². The molecule has 0 spiro atoms. The van der Waals surface area contributed by atoms with Crippen LogP contribution in [0.25, 0.3) is 0 Å². The zero-order valence-corrected chi connectivity index (χ0v) is 27.0. The van der Waals surface area contributed by atoms with Gasteiger partial charge in [-0.05, 0) is 76.1 Å². The monoisotopic (exact) mass is 652 g/mol. The number of hydrogen-bond donors (Lipinski definition) is 3. The summed E-state index contributed by atoms with van der Waals surface area (Å²) in [4.78, 5) is 46.8. The molecule has 3 N–H and O–H groups in total. The van der Waals surface area contributed by atoms with E-state index >= 15 is 0 Å². The lowest BCUT2D eigenvalue weighted by atomic mass is 10.2. The molecular formula is C34H42F2N6O5. The number of morpholine rings is 1. The molecule has 11 nitrogen and oxygen atoms in total. The Morgan fingerprint density at radius 2 is 1.64 bits per heavy atom. The van der Waals surface area contributed by atoms with Gasteiger partial charge in [0.25, 0.3) is 5.91 Å². The molecule has 0 aliphatic carbocycles. The molecule has 4 rings (SSSR count). The summed E-state index contributed by atoms with van der Waals surface area (Å²) in [5.74, 6) is -2.56. The SMILES string of the molecule is CC(C)(C)OC(=O)Nc1ccccc1NC(=O)c1ccc(CN(CCCCCN2CCOCC2)C(=O)Nc2ccc(F)c(F)c2)cn1. The lowest BCUT2D eigenvalue weighted by Crippen LogP contribution is -2.37. The van der Waals surface area contributed by atoms with Gasteiger partial charge in [-0.2, -0.15) is 0 Å². The fraction of sp³-hybridized carbons (Fsp3) is 0.412. The summed E-state index contributed by atoms with van der Waals surface area (Å²) >= 11 is 0. The number of hydrogen-bond acceptors (Lipinski definition) is 7. The third-order valence-electron chi connectivity index (χ3n) is 7.21. The predicted octanol–water partition coefficient (Wildman–Crippen LogP) is 6.50. The van der Waals surface area contributed by atoms with E-state index < -0.39 is 35.3 Å². The third kappa shape index (κ3) is 11.6. The Bertz CT molecular complexity index is 1510. The first-order valence-corrected chi connectivity index (χ1v) is 15.6. The quantitative estimate of drug-likeness (QED) is 0.191. The van der Waals surface area contributed by atoms with Gasteiger partial charge in [-0.15, -0.1) is 0 Å². The molecule has 0 radical (unpaired) electrons. The zero-order chi connectivity index (χ0) is 33.8. The van der Waals surface area contributed by atoms with Gasteiger partial charge < -0.3 is 25.0 Å². The van der Waals surface area contributed by atoms with Gasteiger partial charge in [0, 0.05) is 44.1 Å². The van der Waals surface area contributed by atoms with Crippen molar-refractivity contribution in [2.24, 2.45) is 0 Å². The number of unbranched alkanes of at least 4 members (excludes halogenated alkanes) is 2. The van der Waals surface area contributed by atoms with E-state index in [9.17, 15) is 23.2 Å². The fourth-order valence-corrected chi connectivity index (χ4v) is 4.84. The van der Waals surface area contributed by atoms with Crippen molar-refractivity contribution in [3.8, 4) is 0 Å². The Kier molecular flexibility index (Phi) is 12.6. The Labute approximate surface area is 273 Å². The number of ether oxygens (including phenoxy) is 2. The maximum Gasteiger partial charge on any atom is 0.412 e. The molecule has 1 aromatic heterocycles. The number of nitrogens with zero attached hydrogens (tertiary/aromatic N) is 3. The number of carbonyl (C=O) groups is 3. The number of urea groups is 1. The van der Waals surface area contributed by atoms with Gasteiger partial charge >= 0.3 is 12.1 Å². The van der Waals surface area contributed by atoms with Gasteiger partial charge in [-0.25, -0.2) is 18.4 Å². The average molecular weight is 653 g/mol. The molecule has 1 aliphatic rings. The molecule has 0 atom stereocenters. The van der Waals surface area contributed by atoms with E-state index in [0.717, 1.165) is 64.2 Å². The second kappa shape index (κ2) is 16.8. The maximum absolute atomic E-state index is 13.8. The first-order valence-electron chi connectivity index (χ1n) is 15.6. The molecule has 13 heteroatoms. The van der Waals surface area contributed by atoms with Crippen LogP contribution in [0.5, 0.6) is 0 Å². The molecule has 2 heterocycles. The van der Waals surface area contributed by atoms with Crippen LogP contribution in [0.1, 0.15) is 56.1 Å². The number of amides is 4. The zero-order valence-electron chi connectivity index (χ0n) is 27.0. The molecule has 252 valence electrons. The Morgan fingerprint density at radius 1 is 0.915 bits per heavy atom. The Balaban J connectivity index is 1.38. The number of aromatic nitrogens is 1. The van der Waals surface area contributed by atoms with Gasteiger partial charge in [-0.3, -0.25) is 20.0 Å². The maximum atomic E-state index is 13.8. The first-order chi connectivity index (χ1) is 22.5. The van der Waals surface area contributed by atoms with Crippen molar-refractivity contribution in [3.63, 3.8) is 0 Å². The number of anilines is 3. The van der Waals surface area contributed by atoms with Crippen molar-refractivity contribution >= 4 is 35.1 Å². The molecule has 4 amide bonds. The second-order valence-electron chi connectivity index (χ2n) is 12.2. The summed E-state index contributed by atoms with van der Waals surface area (Å²) < 4.78 is 37.9. The van der Waals surface area contributed by atoms with Gasteiger partial charge in [0.1, 0.15) is 11.3 Å². The molecule has 2 aromatic carbocycles. The van der Waals surface area contributed by atoms with Crippen molar-refractivity contribution < 1.29 is 32.6 Å². The van der Waals surface area contributed by atoms with Gasteiger partial charge in [0.15, 0.2) is 11.6 Å². The third-order valence-corrected chi connectivity index (χ3v) is 7.21. The molecule has 1 fully saturated rings. The minimum Gasteiger partial charge on any atom is -0.444 e. The van der Waals surface area contributed by atoms with E-state index in [1.807, 2.05) is 0 Å². The van der Waals surface area contributed by atoms with Crippen molar-refractivity contribution in [2.75, 3.05) is 55.3 Å². The highest BCUT2D eigenvalue weighted by molar-refractivity contribution is 6.05. The van der Waals surface area contributed by atoms with Crippen LogP contribution in [0.2, 0.25) is 0 Å². The van der Waals surface area contributed by atoms with E-state index in [-0.39, 0.29) is 17.9 Å². The standard InChI is InChI=1S/C34H42F2N6O5/c1-34(2,3)47-33(45)40-29-10-6-5-9-28(29)39-31(43)30-14-11-24(22-37-30)23-42(16-8-4-7-15-41-17-19-46-20-18-41)32(44)38-25-12-13-26(35)27(36)21-25/h5-6,9-14,21-22H,4,7-8,15-20,23H2,1-3H3,(H,38,44)(H,39,43)(H,40,45). The molecular weight excluding hydrogens is 610 g/mol. The second-order valence-corrected chi connectivity index (χ2v) is 12.2. The lowest BCUT2D eigenvalue weighted by Gasteiger charge is -2.27. The van der Waals surface area contributed by atoms with E-state index in [1.165, 1.54) is 12.3 Å². The molecule has 0 saturated carbocycles. The largest absolute Gasteiger partial charge is 0.444 e. The smallest absolute Gasteiger partial charge is 0.412 e. The van der Waals surface area contributed by atoms with Gasteiger partial charge in [-0.1, -0.05) is 24.6 Å². The normalized spacial score (nSPS) is 13.5. The van der Waals surface area contributed by atoms with Crippen molar-refractivity contribution in [1.82, 2.24) is 14.8 Å². The fourth-order valence-electron chi connectivity index (χ4n) is 4.84. The summed E-state index contributed by atoms with van der Waals surface area (Å²) in [5, 5.41) is 8.05. The molecule has 0 bridgehead atoms. The minimum absolute atomic E-state index is 0.127. The van der Waals surface area contributed by atoms with Crippen LogP contribution < -0.4 is 16.0 Å². The van der Waals surface area contributed by atoms with Crippen LogP contribution >= 0.6 is 0 Å². The molecule has 1 saturated heterocycles. The Morgan fingerprint density at radius 3 is 2.30 bits per heavy atom. The van der Waals surface area contributed by atoms with E-state index in [1.54, 1.807) is 62.1 Å². The average Bonchev–Trinajstić information content (AvgIpc) is 3.03. The van der Waals surface area contributed by atoms with Crippen LogP contribution in [0.4, 0.5) is 35.4 Å². The summed E-state index contributed by atoms with van der Waals surface area (Å²) in [5.41, 5.74) is 0.968. The van der Waals surface area contributed by atoms with E-state index in [0.29, 0.717) is 23.5 Å². The highest BCUT2D eigenvalue weighted by Crippen LogP contribution is 2.23. The van der Waals surface area contributed by atoms with Crippen molar-refractivity contribution in [2.45, 2.75) is 52.2 Å². The highest BCUT2D eigenvalue weighted by atomic mass is 19.2. The van der Waals surface area contributed by atoms with Crippen molar-refractivity contribution in [3.05, 3.63) is 83.7 Å². The molecule has 3 aromatic rings. The lowest BCUT2D eigenvalue weighted by molar-refractivity contribution is 0.0371.